The monoisotopic (exact) mass is 389 g/mol. The number of aryl methyl sites for hydroxylation is 2. The second-order valence-electron chi connectivity index (χ2n) is 8.08. The quantitative estimate of drug-likeness (QED) is 0.793. The number of anilines is 1. The van der Waals surface area contributed by atoms with E-state index in [9.17, 15) is 14.4 Å². The summed E-state index contributed by atoms with van der Waals surface area (Å²) in [6, 6.07) is 13.1. The first-order valence-electron chi connectivity index (χ1n) is 10.2. The molecule has 2 aromatic carbocycles. The van der Waals surface area contributed by atoms with Gasteiger partial charge in [0.1, 0.15) is 12.1 Å². The molecule has 4 amide bonds. The normalized spacial score (nSPS) is 22.4. The van der Waals surface area contributed by atoms with E-state index in [1.807, 2.05) is 36.4 Å². The second-order valence-corrected chi connectivity index (χ2v) is 8.08. The zero-order valence-corrected chi connectivity index (χ0v) is 16.2. The van der Waals surface area contributed by atoms with Crippen LogP contribution in [0, 0.1) is 0 Å². The van der Waals surface area contributed by atoms with Gasteiger partial charge >= 0.3 is 6.03 Å². The average Bonchev–Trinajstić information content (AvgIpc) is 3.22. The molecule has 0 radical (unpaired) electrons. The van der Waals surface area contributed by atoms with E-state index in [2.05, 4.69) is 16.7 Å². The summed E-state index contributed by atoms with van der Waals surface area (Å²) in [6.45, 7) is -0.280. The number of nitrogens with zero attached hydrogens (tertiary/aromatic N) is 1. The third kappa shape index (κ3) is 2.82. The van der Waals surface area contributed by atoms with Crippen molar-refractivity contribution >= 4 is 23.5 Å². The molecule has 1 atom stereocenters. The van der Waals surface area contributed by atoms with E-state index in [0.29, 0.717) is 6.42 Å². The van der Waals surface area contributed by atoms with Gasteiger partial charge in [0.15, 0.2) is 0 Å². The Labute approximate surface area is 169 Å². The van der Waals surface area contributed by atoms with Crippen molar-refractivity contribution in [3.8, 4) is 0 Å². The lowest BCUT2D eigenvalue weighted by Gasteiger charge is -2.22. The Hall–Kier alpha value is -3.15. The first-order valence-corrected chi connectivity index (χ1v) is 10.2. The minimum Gasteiger partial charge on any atom is -0.324 e. The molecule has 5 rings (SSSR count). The molecule has 0 bridgehead atoms. The van der Waals surface area contributed by atoms with Crippen molar-refractivity contribution < 1.29 is 14.4 Å². The first-order chi connectivity index (χ1) is 14.1. The second kappa shape index (κ2) is 6.72. The van der Waals surface area contributed by atoms with Crippen LogP contribution in [0.3, 0.4) is 0 Å². The van der Waals surface area contributed by atoms with E-state index in [-0.39, 0.29) is 18.4 Å². The number of fused-ring (bicyclic) bond motifs is 3. The Morgan fingerprint density at radius 1 is 1.00 bits per heavy atom. The minimum absolute atomic E-state index is 0.280. The summed E-state index contributed by atoms with van der Waals surface area (Å²) in [7, 11) is 0. The number of nitrogens with one attached hydrogen (secondary N) is 2. The van der Waals surface area contributed by atoms with Crippen LogP contribution in [-0.2, 0) is 34.4 Å². The Balaban J connectivity index is 1.35. The number of rotatable bonds is 3. The van der Waals surface area contributed by atoms with Crippen molar-refractivity contribution in [3.63, 3.8) is 0 Å². The highest BCUT2D eigenvalue weighted by Crippen LogP contribution is 2.41. The topological polar surface area (TPSA) is 78.5 Å². The van der Waals surface area contributed by atoms with Gasteiger partial charge in [-0.25, -0.2) is 4.79 Å². The molecule has 6 heteroatoms. The van der Waals surface area contributed by atoms with Crippen molar-refractivity contribution in [3.05, 3.63) is 64.7 Å². The molecule has 1 aliphatic heterocycles. The van der Waals surface area contributed by atoms with Crippen LogP contribution in [0.25, 0.3) is 0 Å². The fourth-order valence-electron chi connectivity index (χ4n) is 4.96. The third-order valence-corrected chi connectivity index (χ3v) is 6.39. The number of imide groups is 1. The molecule has 1 spiro atoms. The highest BCUT2D eigenvalue weighted by atomic mass is 16.2. The largest absolute Gasteiger partial charge is 0.325 e. The average molecular weight is 389 g/mol. The van der Waals surface area contributed by atoms with Crippen LogP contribution in [0.4, 0.5) is 10.5 Å². The molecule has 29 heavy (non-hydrogen) atoms. The van der Waals surface area contributed by atoms with Crippen LogP contribution >= 0.6 is 0 Å². The summed E-state index contributed by atoms with van der Waals surface area (Å²) in [6.07, 6.45) is 5.49. The molecule has 1 heterocycles. The van der Waals surface area contributed by atoms with Crippen molar-refractivity contribution in [2.24, 2.45) is 0 Å². The van der Waals surface area contributed by atoms with E-state index in [1.165, 1.54) is 11.1 Å². The number of hydrogen-bond acceptors (Lipinski definition) is 3. The van der Waals surface area contributed by atoms with E-state index in [0.717, 1.165) is 53.8 Å². The summed E-state index contributed by atoms with van der Waals surface area (Å²) < 4.78 is 0. The molecule has 2 N–H and O–H groups in total. The first kappa shape index (κ1) is 17.9. The lowest BCUT2D eigenvalue weighted by molar-refractivity contribution is -0.134. The molecule has 1 saturated heterocycles. The van der Waals surface area contributed by atoms with Gasteiger partial charge in [0, 0.05) is 5.69 Å². The highest BCUT2D eigenvalue weighted by Gasteiger charge is 2.55. The smallest absolute Gasteiger partial charge is 0.324 e. The third-order valence-electron chi connectivity index (χ3n) is 6.39. The fraction of sp³-hybridized carbons (Fsp3) is 0.348. The molecule has 2 aromatic rings. The van der Waals surface area contributed by atoms with Crippen molar-refractivity contribution in [1.82, 2.24) is 10.2 Å². The van der Waals surface area contributed by atoms with Gasteiger partial charge in [0.2, 0.25) is 5.91 Å². The molecular formula is C23H23N3O3. The fourth-order valence-corrected chi connectivity index (χ4v) is 4.96. The van der Waals surface area contributed by atoms with Crippen LogP contribution < -0.4 is 10.6 Å². The standard InChI is InChI=1S/C23H23N3O3/c27-20(24-19-11-5-8-15-6-1-3-9-17(15)19)14-26-21(28)23(25-22(26)29)13-12-16-7-2-4-10-18(16)23/h2,4-5,7-8,10-11H,1,3,6,9,12-14H2,(H,24,27)(H,25,29)/t23-/m1/s1. The van der Waals surface area contributed by atoms with Crippen LogP contribution in [0.1, 0.15) is 41.5 Å². The molecule has 3 aliphatic rings. The Bertz CT molecular complexity index is 1030. The lowest BCUT2D eigenvalue weighted by Crippen LogP contribution is -2.43. The van der Waals surface area contributed by atoms with Crippen molar-refractivity contribution in [2.75, 3.05) is 11.9 Å². The maximum Gasteiger partial charge on any atom is 0.325 e. The zero-order valence-electron chi connectivity index (χ0n) is 16.2. The van der Waals surface area contributed by atoms with E-state index < -0.39 is 11.6 Å². The Morgan fingerprint density at radius 3 is 2.69 bits per heavy atom. The van der Waals surface area contributed by atoms with Gasteiger partial charge in [0.25, 0.3) is 5.91 Å². The van der Waals surface area contributed by atoms with Gasteiger partial charge in [0.05, 0.1) is 0 Å². The number of carbonyl (C=O) groups is 3. The van der Waals surface area contributed by atoms with Crippen LogP contribution in [0.5, 0.6) is 0 Å². The summed E-state index contributed by atoms with van der Waals surface area (Å²) in [4.78, 5) is 39.5. The van der Waals surface area contributed by atoms with E-state index in [4.69, 9.17) is 0 Å². The van der Waals surface area contributed by atoms with E-state index >= 15 is 0 Å². The maximum absolute atomic E-state index is 13.2. The maximum atomic E-state index is 13.2. The predicted octanol–water partition coefficient (Wildman–Crippen LogP) is 2.90. The molecule has 2 aliphatic carbocycles. The Kier molecular flexibility index (Phi) is 4.15. The van der Waals surface area contributed by atoms with Crippen molar-refractivity contribution in [2.45, 2.75) is 44.1 Å². The molecule has 0 aromatic heterocycles. The summed E-state index contributed by atoms with van der Waals surface area (Å²) >= 11 is 0. The molecule has 148 valence electrons. The number of hydrogen-bond donors (Lipinski definition) is 2. The molecule has 1 fully saturated rings. The number of amides is 4. The van der Waals surface area contributed by atoms with Gasteiger partial charge in [-0.3, -0.25) is 14.5 Å². The van der Waals surface area contributed by atoms with Crippen LogP contribution in [-0.4, -0.2) is 29.3 Å². The number of urea groups is 1. The summed E-state index contributed by atoms with van der Waals surface area (Å²) in [5.41, 5.74) is 4.12. The highest BCUT2D eigenvalue weighted by molar-refractivity contribution is 6.11. The zero-order chi connectivity index (χ0) is 20.0. The molecule has 0 saturated carbocycles. The SMILES string of the molecule is O=C(CN1C(=O)N[C@@]2(CCc3ccccc32)C1=O)Nc1cccc2c1CCCC2. The van der Waals surface area contributed by atoms with E-state index in [1.54, 1.807) is 0 Å². The predicted molar refractivity (Wildman–Crippen MR) is 108 cm³/mol. The van der Waals surface area contributed by atoms with Gasteiger partial charge in [-0.15, -0.1) is 0 Å². The Morgan fingerprint density at radius 2 is 1.79 bits per heavy atom. The lowest BCUT2D eigenvalue weighted by atomic mass is 9.90. The van der Waals surface area contributed by atoms with Crippen molar-refractivity contribution in [1.29, 1.82) is 0 Å². The molecule has 6 nitrogen and oxygen atoms in total. The minimum atomic E-state index is -1.03. The summed E-state index contributed by atoms with van der Waals surface area (Å²) in [5.74, 6) is -0.687. The number of carbonyl (C=O) groups excluding carboxylic acids is 3. The van der Waals surface area contributed by atoms with Gasteiger partial charge in [-0.2, -0.15) is 0 Å². The number of benzene rings is 2. The molecule has 0 unspecified atom stereocenters. The molecular weight excluding hydrogens is 366 g/mol. The van der Waals surface area contributed by atoms with Crippen LogP contribution in [0.15, 0.2) is 42.5 Å². The van der Waals surface area contributed by atoms with Gasteiger partial charge in [-0.1, -0.05) is 36.4 Å². The van der Waals surface area contributed by atoms with Gasteiger partial charge in [-0.05, 0) is 66.8 Å². The van der Waals surface area contributed by atoms with Crippen LogP contribution in [0.2, 0.25) is 0 Å². The summed E-state index contributed by atoms with van der Waals surface area (Å²) in [5, 5.41) is 5.79. The van der Waals surface area contributed by atoms with Gasteiger partial charge < -0.3 is 10.6 Å².